The number of aromatic nitrogens is 2. The molecule has 0 fully saturated rings. The topological polar surface area (TPSA) is 92.9 Å². The van der Waals surface area contributed by atoms with Gasteiger partial charge in [-0.25, -0.2) is 15.8 Å². The number of hydrazine groups is 1. The Morgan fingerprint density at radius 3 is 2.78 bits per heavy atom. The van der Waals surface area contributed by atoms with Crippen LogP contribution in [0.5, 0.6) is 0 Å². The van der Waals surface area contributed by atoms with E-state index in [2.05, 4.69) is 36.6 Å². The van der Waals surface area contributed by atoms with Crippen molar-refractivity contribution in [1.29, 1.82) is 0 Å². The van der Waals surface area contributed by atoms with Crippen molar-refractivity contribution in [2.24, 2.45) is 5.84 Å². The van der Waals surface area contributed by atoms with Crippen LogP contribution in [0.15, 0.2) is 41.1 Å². The van der Waals surface area contributed by atoms with Crippen LogP contribution in [-0.2, 0) is 0 Å². The predicted molar refractivity (Wildman–Crippen MR) is 71.9 cm³/mol. The molecule has 0 aliphatic carbocycles. The Morgan fingerprint density at radius 2 is 2.11 bits per heavy atom. The molecule has 4 N–H and O–H groups in total. The minimum absolute atomic E-state index is 0.312. The van der Waals surface area contributed by atoms with Crippen molar-refractivity contribution < 1.29 is 4.79 Å². The number of nitrogens with zero attached hydrogens (tertiary/aromatic N) is 2. The van der Waals surface area contributed by atoms with Gasteiger partial charge in [-0.3, -0.25) is 4.79 Å². The van der Waals surface area contributed by atoms with Gasteiger partial charge in [-0.1, -0.05) is 0 Å². The molecule has 0 unspecified atom stereocenters. The van der Waals surface area contributed by atoms with Crippen LogP contribution in [0.3, 0.4) is 0 Å². The minimum atomic E-state index is -0.328. The molecular weight excluding hydrogens is 298 g/mol. The molecule has 2 aromatic heterocycles. The highest BCUT2D eigenvalue weighted by molar-refractivity contribution is 9.10. The summed E-state index contributed by atoms with van der Waals surface area (Å²) in [5.74, 6) is 5.73. The van der Waals surface area contributed by atoms with Gasteiger partial charge in [-0.2, -0.15) is 0 Å². The molecule has 1 amide bonds. The average Bonchev–Trinajstić information content (AvgIpc) is 2.41. The van der Waals surface area contributed by atoms with E-state index in [1.54, 1.807) is 36.7 Å². The third-order valence-electron chi connectivity index (χ3n) is 2.16. The number of hydrogen-bond donors (Lipinski definition) is 3. The average molecular weight is 308 g/mol. The van der Waals surface area contributed by atoms with Crippen LogP contribution in [0.25, 0.3) is 0 Å². The highest BCUT2D eigenvalue weighted by atomic mass is 79.9. The van der Waals surface area contributed by atoms with E-state index in [1.165, 1.54) is 0 Å². The van der Waals surface area contributed by atoms with Crippen molar-refractivity contribution in [3.8, 4) is 0 Å². The molecule has 7 heteroatoms. The van der Waals surface area contributed by atoms with Crippen molar-refractivity contribution in [3.05, 3.63) is 46.7 Å². The lowest BCUT2D eigenvalue weighted by molar-refractivity contribution is 0.102. The van der Waals surface area contributed by atoms with Gasteiger partial charge in [0.25, 0.3) is 5.91 Å². The van der Waals surface area contributed by atoms with Crippen molar-refractivity contribution >= 4 is 33.5 Å². The molecule has 0 saturated heterocycles. The number of hydrogen-bond acceptors (Lipinski definition) is 5. The van der Waals surface area contributed by atoms with Crippen molar-refractivity contribution in [3.63, 3.8) is 0 Å². The number of anilines is 2. The smallest absolute Gasteiger partial charge is 0.260 e. The maximum atomic E-state index is 12.0. The lowest BCUT2D eigenvalue weighted by Gasteiger charge is -2.07. The second-order valence-corrected chi connectivity index (χ2v) is 4.28. The van der Waals surface area contributed by atoms with Gasteiger partial charge in [0.1, 0.15) is 5.82 Å². The molecule has 2 aromatic rings. The van der Waals surface area contributed by atoms with Crippen LogP contribution < -0.4 is 16.6 Å². The van der Waals surface area contributed by atoms with Crippen LogP contribution in [0.4, 0.5) is 11.6 Å². The summed E-state index contributed by atoms with van der Waals surface area (Å²) in [6.45, 7) is 0. The molecule has 92 valence electrons. The molecule has 0 aromatic carbocycles. The highest BCUT2D eigenvalue weighted by Gasteiger charge is 2.11. The van der Waals surface area contributed by atoms with Crippen molar-refractivity contribution in [2.75, 3.05) is 10.7 Å². The maximum absolute atomic E-state index is 12.0. The van der Waals surface area contributed by atoms with E-state index in [-0.39, 0.29) is 5.91 Å². The first-order chi connectivity index (χ1) is 8.70. The Morgan fingerprint density at radius 1 is 1.28 bits per heavy atom. The quantitative estimate of drug-likeness (QED) is 0.593. The van der Waals surface area contributed by atoms with Gasteiger partial charge in [0.15, 0.2) is 5.82 Å². The van der Waals surface area contributed by atoms with Gasteiger partial charge in [-0.15, -0.1) is 0 Å². The first kappa shape index (κ1) is 12.5. The van der Waals surface area contributed by atoms with Gasteiger partial charge in [-0.05, 0) is 40.2 Å². The molecule has 0 radical (unpaired) electrons. The largest absolute Gasteiger partial charge is 0.308 e. The number of carbonyl (C=O) groups is 1. The van der Waals surface area contributed by atoms with E-state index in [0.717, 1.165) is 4.47 Å². The van der Waals surface area contributed by atoms with E-state index < -0.39 is 0 Å². The monoisotopic (exact) mass is 307 g/mol. The number of rotatable bonds is 3. The van der Waals surface area contributed by atoms with E-state index in [9.17, 15) is 4.79 Å². The normalized spacial score (nSPS) is 9.89. The summed E-state index contributed by atoms with van der Waals surface area (Å²) in [6.07, 6.45) is 3.14. The van der Waals surface area contributed by atoms with Gasteiger partial charge < -0.3 is 10.7 Å². The molecule has 0 aliphatic heterocycles. The Hall–Kier alpha value is -1.99. The molecule has 0 bridgehead atoms. The van der Waals surface area contributed by atoms with Crippen LogP contribution >= 0.6 is 15.9 Å². The number of pyridine rings is 2. The number of nitrogens with two attached hydrogens (primary N) is 1. The molecular formula is C11H10BrN5O. The van der Waals surface area contributed by atoms with Crippen molar-refractivity contribution in [1.82, 2.24) is 9.97 Å². The third-order valence-corrected chi connectivity index (χ3v) is 2.63. The van der Waals surface area contributed by atoms with Gasteiger partial charge in [0.2, 0.25) is 0 Å². The van der Waals surface area contributed by atoms with E-state index in [4.69, 9.17) is 5.84 Å². The number of nitrogen functional groups attached to an aromatic ring is 1. The summed E-state index contributed by atoms with van der Waals surface area (Å²) in [5.41, 5.74) is 2.72. The molecule has 6 nitrogen and oxygen atoms in total. The molecule has 18 heavy (non-hydrogen) atoms. The summed E-state index contributed by atoms with van der Waals surface area (Å²) in [7, 11) is 0. The minimum Gasteiger partial charge on any atom is -0.308 e. The number of amides is 1. The maximum Gasteiger partial charge on any atom is 0.260 e. The number of nitrogens with one attached hydrogen (secondary N) is 2. The van der Waals surface area contributed by atoms with Gasteiger partial charge in [0.05, 0.1) is 5.56 Å². The molecule has 2 rings (SSSR count). The first-order valence-corrected chi connectivity index (χ1v) is 5.84. The summed E-state index contributed by atoms with van der Waals surface area (Å²) in [4.78, 5) is 20.0. The second-order valence-electron chi connectivity index (χ2n) is 3.36. The van der Waals surface area contributed by atoms with Gasteiger partial charge in [0, 0.05) is 16.9 Å². The lowest BCUT2D eigenvalue weighted by Crippen LogP contribution is -2.18. The Labute approximate surface area is 112 Å². The van der Waals surface area contributed by atoms with Crippen LogP contribution in [-0.4, -0.2) is 15.9 Å². The summed E-state index contributed by atoms with van der Waals surface area (Å²) in [6, 6.07) is 6.75. The zero-order valence-corrected chi connectivity index (χ0v) is 10.8. The number of halogens is 1. The summed E-state index contributed by atoms with van der Waals surface area (Å²) in [5, 5.41) is 2.65. The molecule has 0 saturated carbocycles. The van der Waals surface area contributed by atoms with Crippen molar-refractivity contribution in [2.45, 2.75) is 0 Å². The molecule has 2 heterocycles. The summed E-state index contributed by atoms with van der Waals surface area (Å²) >= 11 is 3.27. The standard InChI is InChI=1S/C11H10BrN5O/c12-7-3-4-9(15-6-7)16-11(18)8-2-1-5-14-10(8)17-13/h1-6H,13H2,(H,14,17)(H,15,16,18). The fourth-order valence-electron chi connectivity index (χ4n) is 1.34. The van der Waals surface area contributed by atoms with Crippen LogP contribution in [0.2, 0.25) is 0 Å². The highest BCUT2D eigenvalue weighted by Crippen LogP contribution is 2.14. The second kappa shape index (κ2) is 5.56. The SMILES string of the molecule is NNc1ncccc1C(=O)Nc1ccc(Br)cn1. The van der Waals surface area contributed by atoms with Gasteiger partial charge >= 0.3 is 0 Å². The third kappa shape index (κ3) is 2.82. The number of carbonyl (C=O) groups excluding carboxylic acids is 1. The summed E-state index contributed by atoms with van der Waals surface area (Å²) < 4.78 is 0.839. The predicted octanol–water partition coefficient (Wildman–Crippen LogP) is 1.78. The Bertz CT molecular complexity index is 558. The first-order valence-electron chi connectivity index (χ1n) is 5.05. The fraction of sp³-hybridized carbons (Fsp3) is 0. The zero-order valence-electron chi connectivity index (χ0n) is 9.22. The fourth-order valence-corrected chi connectivity index (χ4v) is 1.57. The van der Waals surface area contributed by atoms with E-state index in [1.807, 2.05) is 0 Å². The van der Waals surface area contributed by atoms with Crippen LogP contribution in [0, 0.1) is 0 Å². The molecule has 0 atom stereocenters. The van der Waals surface area contributed by atoms with E-state index >= 15 is 0 Å². The van der Waals surface area contributed by atoms with Crippen LogP contribution in [0.1, 0.15) is 10.4 Å². The lowest BCUT2D eigenvalue weighted by atomic mass is 10.2. The van der Waals surface area contributed by atoms with E-state index in [0.29, 0.717) is 17.2 Å². The molecule has 0 spiro atoms. The Balaban J connectivity index is 2.19. The molecule has 0 aliphatic rings. The zero-order chi connectivity index (χ0) is 13.0. The Kier molecular flexibility index (Phi) is 3.85.